The van der Waals surface area contributed by atoms with Crippen LogP contribution in [0.1, 0.15) is 46.5 Å². The number of amides is 1. The van der Waals surface area contributed by atoms with E-state index in [9.17, 15) is 4.79 Å². The number of hydrogen-bond acceptors (Lipinski definition) is 3. The highest BCUT2D eigenvalue weighted by Gasteiger charge is 2.45. The minimum absolute atomic E-state index is 0.148. The molecule has 2 rings (SSSR count). The van der Waals surface area contributed by atoms with Gasteiger partial charge in [0.1, 0.15) is 5.60 Å². The van der Waals surface area contributed by atoms with E-state index >= 15 is 0 Å². The van der Waals surface area contributed by atoms with E-state index in [1.165, 1.54) is 0 Å². The van der Waals surface area contributed by atoms with Crippen LogP contribution < -0.4 is 5.32 Å². The van der Waals surface area contributed by atoms with Crippen molar-refractivity contribution < 1.29 is 9.53 Å². The van der Waals surface area contributed by atoms with Gasteiger partial charge in [-0.05, 0) is 46.5 Å². The Morgan fingerprint density at radius 2 is 2.21 bits per heavy atom. The van der Waals surface area contributed by atoms with Crippen molar-refractivity contribution in [1.29, 1.82) is 0 Å². The van der Waals surface area contributed by atoms with Crippen LogP contribution in [0.25, 0.3) is 0 Å². The van der Waals surface area contributed by atoms with Gasteiger partial charge in [0, 0.05) is 18.6 Å². The van der Waals surface area contributed by atoms with Gasteiger partial charge in [0.2, 0.25) is 0 Å². The van der Waals surface area contributed by atoms with Gasteiger partial charge in [0.05, 0.1) is 6.04 Å². The number of fused-ring (bicyclic) bond motifs is 2. The molecule has 0 saturated carbocycles. The van der Waals surface area contributed by atoms with Crippen molar-refractivity contribution in [1.82, 2.24) is 10.2 Å². The number of rotatable bonds is 3. The first kappa shape index (κ1) is 14.4. The van der Waals surface area contributed by atoms with Gasteiger partial charge in [0.25, 0.3) is 0 Å². The third kappa shape index (κ3) is 3.30. The van der Waals surface area contributed by atoms with Crippen molar-refractivity contribution in [2.45, 2.75) is 70.2 Å². The summed E-state index contributed by atoms with van der Waals surface area (Å²) in [6, 6.07) is 0.970. The molecule has 0 aromatic rings. The fraction of sp³-hybridized carbons (Fsp3) is 0.800. The molecule has 1 N–H and O–H groups in total. The molecule has 2 heterocycles. The molecule has 4 heteroatoms. The molecular formula is C15H26N2O2. The zero-order valence-corrected chi connectivity index (χ0v) is 12.3. The summed E-state index contributed by atoms with van der Waals surface area (Å²) in [5, 5.41) is 3.57. The maximum Gasteiger partial charge on any atom is 0.410 e. The molecule has 4 nitrogen and oxygen atoms in total. The number of allylic oxidation sites excluding steroid dienone is 1. The molecule has 2 fully saturated rings. The van der Waals surface area contributed by atoms with Crippen LogP contribution in [0.15, 0.2) is 12.7 Å². The fourth-order valence-electron chi connectivity index (χ4n) is 3.12. The first-order chi connectivity index (χ1) is 8.92. The lowest BCUT2D eigenvalue weighted by Crippen LogP contribution is -2.60. The van der Waals surface area contributed by atoms with Crippen LogP contribution in [0, 0.1) is 0 Å². The second-order valence-electron chi connectivity index (χ2n) is 6.57. The van der Waals surface area contributed by atoms with Gasteiger partial charge in [-0.15, -0.1) is 6.58 Å². The Hall–Kier alpha value is -1.03. The summed E-state index contributed by atoms with van der Waals surface area (Å²) in [7, 11) is 0. The summed E-state index contributed by atoms with van der Waals surface area (Å²) >= 11 is 0. The van der Waals surface area contributed by atoms with Crippen molar-refractivity contribution in [3.63, 3.8) is 0 Å². The number of nitrogens with one attached hydrogen (secondary N) is 1. The Labute approximate surface area is 116 Å². The highest BCUT2D eigenvalue weighted by molar-refractivity contribution is 5.70. The number of hydrogen-bond donors (Lipinski definition) is 1. The maximum absolute atomic E-state index is 12.3. The van der Waals surface area contributed by atoms with Gasteiger partial charge in [-0.25, -0.2) is 4.79 Å². The standard InChI is InChI=1S/C15H26N2O2/c1-5-6-7-12-13-9-8-11(10-16-12)17(13)14(18)19-15(2,3)4/h5,11-13,16H,1,6-10H2,2-4H3/t11-,12-,13+/m1/s1. The summed E-state index contributed by atoms with van der Waals surface area (Å²) < 4.78 is 5.55. The molecule has 2 saturated heterocycles. The average molecular weight is 266 g/mol. The van der Waals surface area contributed by atoms with Crippen LogP contribution in [0.3, 0.4) is 0 Å². The Kier molecular flexibility index (Phi) is 4.19. The normalized spacial score (nSPS) is 30.3. The molecule has 0 aromatic carbocycles. The van der Waals surface area contributed by atoms with E-state index in [1.54, 1.807) is 0 Å². The minimum Gasteiger partial charge on any atom is -0.444 e. The topological polar surface area (TPSA) is 41.6 Å². The molecule has 2 bridgehead atoms. The van der Waals surface area contributed by atoms with E-state index in [1.807, 2.05) is 31.7 Å². The average Bonchev–Trinajstić information content (AvgIpc) is 2.62. The first-order valence-electron chi connectivity index (χ1n) is 7.28. The Morgan fingerprint density at radius 1 is 1.47 bits per heavy atom. The smallest absolute Gasteiger partial charge is 0.410 e. The fourth-order valence-corrected chi connectivity index (χ4v) is 3.12. The highest BCUT2D eigenvalue weighted by Crippen LogP contribution is 2.32. The number of piperazine rings is 1. The first-order valence-corrected chi connectivity index (χ1v) is 7.28. The minimum atomic E-state index is -0.419. The Morgan fingerprint density at radius 3 is 2.84 bits per heavy atom. The Bertz CT molecular complexity index is 349. The van der Waals surface area contributed by atoms with Gasteiger partial charge in [-0.3, -0.25) is 4.90 Å². The van der Waals surface area contributed by atoms with Crippen molar-refractivity contribution in [3.8, 4) is 0 Å². The van der Waals surface area contributed by atoms with Gasteiger partial charge in [-0.2, -0.15) is 0 Å². The second kappa shape index (κ2) is 5.53. The lowest BCUT2D eigenvalue weighted by molar-refractivity contribution is 0.00377. The molecule has 108 valence electrons. The van der Waals surface area contributed by atoms with E-state index in [0.29, 0.717) is 12.1 Å². The molecule has 19 heavy (non-hydrogen) atoms. The zero-order chi connectivity index (χ0) is 14.0. The monoisotopic (exact) mass is 266 g/mol. The SMILES string of the molecule is C=CCC[C@H]1NC[C@H]2CC[C@@H]1N2C(=O)OC(C)(C)C. The van der Waals surface area contributed by atoms with Crippen LogP contribution >= 0.6 is 0 Å². The third-order valence-corrected chi connectivity index (χ3v) is 3.91. The maximum atomic E-state index is 12.3. The molecule has 2 aliphatic rings. The van der Waals surface area contributed by atoms with Crippen molar-refractivity contribution >= 4 is 6.09 Å². The number of ether oxygens (including phenoxy) is 1. The summed E-state index contributed by atoms with van der Waals surface area (Å²) in [6.07, 6.45) is 5.99. The van der Waals surface area contributed by atoms with E-state index in [4.69, 9.17) is 4.74 Å². The summed E-state index contributed by atoms with van der Waals surface area (Å²) in [4.78, 5) is 14.3. The molecular weight excluding hydrogens is 240 g/mol. The van der Waals surface area contributed by atoms with E-state index < -0.39 is 5.60 Å². The van der Waals surface area contributed by atoms with Crippen LogP contribution in [0.2, 0.25) is 0 Å². The van der Waals surface area contributed by atoms with Crippen molar-refractivity contribution in [2.24, 2.45) is 0 Å². The predicted octanol–water partition coefficient (Wildman–Crippen LogP) is 2.69. The molecule has 1 amide bonds. The van der Waals surface area contributed by atoms with Gasteiger partial charge in [-0.1, -0.05) is 6.08 Å². The van der Waals surface area contributed by atoms with Crippen LogP contribution in [0.5, 0.6) is 0 Å². The molecule has 0 aromatic heterocycles. The van der Waals surface area contributed by atoms with Gasteiger partial charge < -0.3 is 10.1 Å². The number of carbonyl (C=O) groups excluding carboxylic acids is 1. The molecule has 0 aliphatic carbocycles. The lowest BCUT2D eigenvalue weighted by Gasteiger charge is -2.41. The van der Waals surface area contributed by atoms with E-state index in [-0.39, 0.29) is 12.1 Å². The predicted molar refractivity (Wildman–Crippen MR) is 76.1 cm³/mol. The van der Waals surface area contributed by atoms with Crippen LogP contribution in [-0.2, 0) is 4.74 Å². The van der Waals surface area contributed by atoms with Crippen LogP contribution in [0.4, 0.5) is 4.79 Å². The number of nitrogens with zero attached hydrogens (tertiary/aromatic N) is 1. The van der Waals surface area contributed by atoms with Crippen molar-refractivity contribution in [2.75, 3.05) is 6.54 Å². The molecule has 0 radical (unpaired) electrons. The summed E-state index contributed by atoms with van der Waals surface area (Å²) in [5.74, 6) is 0. The van der Waals surface area contributed by atoms with Crippen molar-refractivity contribution in [3.05, 3.63) is 12.7 Å². The van der Waals surface area contributed by atoms with Crippen LogP contribution in [-0.4, -0.2) is 41.3 Å². The molecule has 0 unspecified atom stereocenters. The van der Waals surface area contributed by atoms with Gasteiger partial charge in [0.15, 0.2) is 0 Å². The highest BCUT2D eigenvalue weighted by atomic mass is 16.6. The third-order valence-electron chi connectivity index (χ3n) is 3.91. The molecule has 0 spiro atoms. The second-order valence-corrected chi connectivity index (χ2v) is 6.57. The lowest BCUT2D eigenvalue weighted by atomic mass is 10.0. The summed E-state index contributed by atoms with van der Waals surface area (Å²) in [5.41, 5.74) is -0.419. The molecule has 3 atom stereocenters. The zero-order valence-electron chi connectivity index (χ0n) is 12.3. The van der Waals surface area contributed by atoms with Gasteiger partial charge >= 0.3 is 6.09 Å². The molecule has 2 aliphatic heterocycles. The van der Waals surface area contributed by atoms with E-state index in [0.717, 1.165) is 32.2 Å². The largest absolute Gasteiger partial charge is 0.444 e. The Balaban J connectivity index is 2.03. The number of carbonyl (C=O) groups is 1. The summed E-state index contributed by atoms with van der Waals surface area (Å²) in [6.45, 7) is 10.4. The quantitative estimate of drug-likeness (QED) is 0.799. The van der Waals surface area contributed by atoms with E-state index in [2.05, 4.69) is 11.9 Å².